The van der Waals surface area contributed by atoms with Crippen LogP contribution in [0.3, 0.4) is 0 Å². The van der Waals surface area contributed by atoms with Crippen LogP contribution < -0.4 is 5.73 Å². The number of aliphatic imine (C=N–C) groups is 1. The average molecular weight is 331 g/mol. The van der Waals surface area contributed by atoms with Gasteiger partial charge in [0.2, 0.25) is 5.91 Å². The number of rotatable bonds is 1. The fourth-order valence-corrected chi connectivity index (χ4v) is 3.25. The molecule has 1 aromatic carbocycles. The highest BCUT2D eigenvalue weighted by atomic mass is 35.5. The summed E-state index contributed by atoms with van der Waals surface area (Å²) in [7, 11) is 1.76. The third-order valence-electron chi connectivity index (χ3n) is 4.32. The molecule has 0 spiro atoms. The van der Waals surface area contributed by atoms with Crippen molar-refractivity contribution in [1.29, 1.82) is 0 Å². The molecule has 5 nitrogen and oxygen atoms in total. The number of nitrogens with one attached hydrogen (secondary N) is 1. The summed E-state index contributed by atoms with van der Waals surface area (Å²) in [6.45, 7) is 2.75. The molecular weight excluding hydrogens is 312 g/mol. The number of piperidine rings is 1. The highest BCUT2D eigenvalue weighted by molar-refractivity contribution is 6.35. The van der Waals surface area contributed by atoms with Crippen molar-refractivity contribution in [1.82, 2.24) is 9.88 Å². The van der Waals surface area contributed by atoms with Gasteiger partial charge in [0, 0.05) is 67.6 Å². The van der Waals surface area contributed by atoms with Gasteiger partial charge < -0.3 is 15.6 Å². The van der Waals surface area contributed by atoms with Crippen LogP contribution in [0, 0.1) is 0 Å². The molecule has 0 atom stereocenters. The fourth-order valence-electron chi connectivity index (χ4n) is 3.03. The summed E-state index contributed by atoms with van der Waals surface area (Å²) in [5.74, 6) is 0.0494. The topological polar surface area (TPSA) is 74.5 Å². The van der Waals surface area contributed by atoms with Crippen molar-refractivity contribution in [3.8, 4) is 0 Å². The summed E-state index contributed by atoms with van der Waals surface area (Å²) in [5, 5.41) is 1.63. The number of carbonyl (C=O) groups is 1. The monoisotopic (exact) mass is 330 g/mol. The number of fused-ring (bicyclic) bond motifs is 1. The number of amides is 1. The van der Waals surface area contributed by atoms with E-state index in [1.165, 1.54) is 0 Å². The summed E-state index contributed by atoms with van der Waals surface area (Å²) in [6, 6.07) is 5.70. The second-order valence-electron chi connectivity index (χ2n) is 5.61. The Morgan fingerprint density at radius 3 is 2.87 bits per heavy atom. The van der Waals surface area contributed by atoms with Gasteiger partial charge in [0.25, 0.3) is 0 Å². The molecule has 6 heteroatoms. The van der Waals surface area contributed by atoms with Crippen molar-refractivity contribution >= 4 is 39.8 Å². The van der Waals surface area contributed by atoms with E-state index < -0.39 is 0 Å². The van der Waals surface area contributed by atoms with Crippen LogP contribution in [0.4, 0.5) is 0 Å². The number of H-pyrrole nitrogens is 1. The number of aromatic nitrogens is 1. The highest BCUT2D eigenvalue weighted by Gasteiger charge is 2.24. The zero-order valence-electron chi connectivity index (χ0n) is 13.2. The lowest BCUT2D eigenvalue weighted by Gasteiger charge is -2.30. The number of likely N-dealkylation sites (tertiary alicyclic amines) is 1. The highest BCUT2D eigenvalue weighted by Crippen LogP contribution is 2.30. The molecule has 3 rings (SSSR count). The maximum atomic E-state index is 11.7. The molecule has 1 aliphatic heterocycles. The smallest absolute Gasteiger partial charge is 0.219 e. The molecule has 1 aliphatic rings. The first-order chi connectivity index (χ1) is 11.0. The number of aromatic amines is 1. The maximum absolute atomic E-state index is 11.7. The molecule has 2 heterocycles. The minimum absolute atomic E-state index is 0.0494. The van der Waals surface area contributed by atoms with Crippen LogP contribution in [0.1, 0.15) is 18.9 Å². The molecule has 0 aliphatic carbocycles. The molecule has 0 saturated carbocycles. The van der Waals surface area contributed by atoms with Crippen molar-refractivity contribution in [3.63, 3.8) is 0 Å². The molecule has 1 amide bonds. The van der Waals surface area contributed by atoms with Gasteiger partial charge in [-0.25, -0.2) is 0 Å². The van der Waals surface area contributed by atoms with Gasteiger partial charge in [0.15, 0.2) is 0 Å². The SMILES string of the molecule is CN=C1CCN(C(C)=O)CC1=C(N)c1ccc(Cl)c2[nH]ccc12. The minimum atomic E-state index is 0.0494. The first kappa shape index (κ1) is 15.6. The Morgan fingerprint density at radius 2 is 2.17 bits per heavy atom. The van der Waals surface area contributed by atoms with Gasteiger partial charge in [-0.2, -0.15) is 0 Å². The normalized spacial score (nSPS) is 19.4. The lowest BCUT2D eigenvalue weighted by molar-refractivity contribution is -0.128. The number of nitrogens with zero attached hydrogens (tertiary/aromatic N) is 2. The lowest BCUT2D eigenvalue weighted by atomic mass is 9.95. The lowest BCUT2D eigenvalue weighted by Crippen LogP contribution is -2.39. The molecule has 120 valence electrons. The summed E-state index contributed by atoms with van der Waals surface area (Å²) in [4.78, 5) is 21.0. The second-order valence-corrected chi connectivity index (χ2v) is 6.02. The van der Waals surface area contributed by atoms with Crippen molar-refractivity contribution in [3.05, 3.63) is 40.6 Å². The van der Waals surface area contributed by atoms with Crippen LogP contribution in [0.25, 0.3) is 16.6 Å². The average Bonchev–Trinajstić information content (AvgIpc) is 3.04. The molecule has 2 aromatic rings. The number of hydrogen-bond donors (Lipinski definition) is 2. The third-order valence-corrected chi connectivity index (χ3v) is 4.63. The Morgan fingerprint density at radius 1 is 1.39 bits per heavy atom. The number of benzene rings is 1. The zero-order valence-corrected chi connectivity index (χ0v) is 13.9. The van der Waals surface area contributed by atoms with E-state index >= 15 is 0 Å². The van der Waals surface area contributed by atoms with Gasteiger partial charge in [-0.3, -0.25) is 9.79 Å². The summed E-state index contributed by atoms with van der Waals surface area (Å²) in [6.07, 6.45) is 2.56. The van der Waals surface area contributed by atoms with E-state index in [0.29, 0.717) is 23.8 Å². The van der Waals surface area contributed by atoms with Crippen LogP contribution in [0.15, 0.2) is 35.0 Å². The number of nitrogens with two attached hydrogens (primary N) is 1. The molecule has 0 unspecified atom stereocenters. The standard InChI is InChI=1S/C17H19ClN4O/c1-10(23)22-8-6-15(20-2)13(9-22)16(19)11-3-4-14(18)17-12(11)5-7-21-17/h3-5,7,21H,6,8-9,19H2,1-2H3. The van der Waals surface area contributed by atoms with Crippen LogP contribution >= 0.6 is 11.6 Å². The first-order valence-corrected chi connectivity index (χ1v) is 7.87. The van der Waals surface area contributed by atoms with E-state index in [0.717, 1.165) is 34.2 Å². The van der Waals surface area contributed by atoms with Crippen LogP contribution in [-0.2, 0) is 4.79 Å². The summed E-state index contributed by atoms with van der Waals surface area (Å²) < 4.78 is 0. The fraction of sp³-hybridized carbons (Fsp3) is 0.294. The Labute approximate surface area is 139 Å². The quantitative estimate of drug-likeness (QED) is 0.843. The first-order valence-electron chi connectivity index (χ1n) is 7.49. The van der Waals surface area contributed by atoms with E-state index in [4.69, 9.17) is 17.3 Å². The van der Waals surface area contributed by atoms with Gasteiger partial charge in [-0.1, -0.05) is 17.7 Å². The van der Waals surface area contributed by atoms with Crippen molar-refractivity contribution in [2.75, 3.05) is 20.1 Å². The van der Waals surface area contributed by atoms with E-state index in [1.807, 2.05) is 24.4 Å². The molecular formula is C17H19ClN4O. The predicted octanol–water partition coefficient (Wildman–Crippen LogP) is 2.81. The zero-order chi connectivity index (χ0) is 16.6. The Hall–Kier alpha value is -2.27. The van der Waals surface area contributed by atoms with Crippen molar-refractivity contribution < 1.29 is 4.79 Å². The summed E-state index contributed by atoms with van der Waals surface area (Å²) >= 11 is 6.22. The molecule has 0 bridgehead atoms. The van der Waals surface area contributed by atoms with Crippen LogP contribution in [0.2, 0.25) is 5.02 Å². The van der Waals surface area contributed by atoms with E-state index in [1.54, 1.807) is 18.9 Å². The van der Waals surface area contributed by atoms with Gasteiger partial charge in [-0.05, 0) is 12.1 Å². The summed E-state index contributed by atoms with van der Waals surface area (Å²) in [5.41, 5.74) is 10.8. The van der Waals surface area contributed by atoms with E-state index in [-0.39, 0.29) is 5.91 Å². The van der Waals surface area contributed by atoms with Crippen molar-refractivity contribution in [2.45, 2.75) is 13.3 Å². The predicted molar refractivity (Wildman–Crippen MR) is 94.6 cm³/mol. The Bertz CT molecular complexity index is 834. The molecule has 0 radical (unpaired) electrons. The van der Waals surface area contributed by atoms with Crippen molar-refractivity contribution in [2.24, 2.45) is 10.7 Å². The Kier molecular flexibility index (Phi) is 4.13. The Balaban J connectivity index is 2.15. The maximum Gasteiger partial charge on any atom is 0.219 e. The molecule has 1 saturated heterocycles. The van der Waals surface area contributed by atoms with Gasteiger partial charge in [0.05, 0.1) is 10.5 Å². The number of hydrogen-bond acceptors (Lipinski definition) is 3. The van der Waals surface area contributed by atoms with Crippen LogP contribution in [-0.4, -0.2) is 41.6 Å². The molecule has 23 heavy (non-hydrogen) atoms. The van der Waals surface area contributed by atoms with Gasteiger partial charge in [0.1, 0.15) is 0 Å². The van der Waals surface area contributed by atoms with Gasteiger partial charge in [-0.15, -0.1) is 0 Å². The van der Waals surface area contributed by atoms with Crippen LogP contribution in [0.5, 0.6) is 0 Å². The van der Waals surface area contributed by atoms with E-state index in [9.17, 15) is 4.79 Å². The third kappa shape index (κ3) is 2.72. The second kappa shape index (κ2) is 6.08. The number of halogens is 1. The van der Waals surface area contributed by atoms with E-state index in [2.05, 4.69) is 9.98 Å². The number of carbonyl (C=O) groups excluding carboxylic acids is 1. The minimum Gasteiger partial charge on any atom is -0.398 e. The largest absolute Gasteiger partial charge is 0.398 e. The van der Waals surface area contributed by atoms with Gasteiger partial charge >= 0.3 is 0 Å². The molecule has 3 N–H and O–H groups in total. The molecule has 1 aromatic heterocycles. The molecule has 1 fully saturated rings.